The van der Waals surface area contributed by atoms with Crippen LogP contribution >= 0.6 is 0 Å². The van der Waals surface area contributed by atoms with Crippen LogP contribution in [0.3, 0.4) is 0 Å². The van der Waals surface area contributed by atoms with Gasteiger partial charge in [-0.05, 0) is 31.4 Å². The Labute approximate surface area is 112 Å². The van der Waals surface area contributed by atoms with Crippen LogP contribution in [0.4, 0.5) is 0 Å². The van der Waals surface area contributed by atoms with Gasteiger partial charge in [0.1, 0.15) is 5.75 Å². The van der Waals surface area contributed by atoms with Gasteiger partial charge in [0.15, 0.2) is 0 Å². The minimum absolute atomic E-state index is 0.400. The van der Waals surface area contributed by atoms with E-state index in [4.69, 9.17) is 0 Å². The fourth-order valence-electron chi connectivity index (χ4n) is 2.27. The number of phenolic OH excluding ortho intramolecular Hbond substituents is 1. The van der Waals surface area contributed by atoms with Crippen molar-refractivity contribution in [2.24, 2.45) is 0 Å². The van der Waals surface area contributed by atoms with Crippen molar-refractivity contribution < 1.29 is 5.11 Å². The molecule has 1 heteroatoms. The highest BCUT2D eigenvalue weighted by Gasteiger charge is 2.04. The third-order valence-electron chi connectivity index (χ3n) is 3.31. The zero-order valence-electron chi connectivity index (χ0n) is 11.8. The highest BCUT2D eigenvalue weighted by atomic mass is 16.3. The lowest BCUT2D eigenvalue weighted by molar-refractivity contribution is 0.473. The summed E-state index contributed by atoms with van der Waals surface area (Å²) in [4.78, 5) is 0. The van der Waals surface area contributed by atoms with Crippen molar-refractivity contribution in [3.05, 3.63) is 35.4 Å². The smallest absolute Gasteiger partial charge is 0.123 e. The first-order valence-corrected chi connectivity index (χ1v) is 7.23. The van der Waals surface area contributed by atoms with E-state index in [-0.39, 0.29) is 0 Å². The van der Waals surface area contributed by atoms with Crippen molar-refractivity contribution in [3.8, 4) is 5.75 Å². The summed E-state index contributed by atoms with van der Waals surface area (Å²) in [5, 5.41) is 9.84. The van der Waals surface area contributed by atoms with Gasteiger partial charge in [0.05, 0.1) is 0 Å². The van der Waals surface area contributed by atoms with Crippen molar-refractivity contribution in [2.45, 2.75) is 58.8 Å². The topological polar surface area (TPSA) is 20.2 Å². The van der Waals surface area contributed by atoms with Crippen LogP contribution in [0, 0.1) is 0 Å². The minimum Gasteiger partial charge on any atom is -0.507 e. The van der Waals surface area contributed by atoms with Gasteiger partial charge in [0.2, 0.25) is 0 Å². The Bertz CT molecular complexity index is 366. The molecule has 1 aromatic carbocycles. The molecule has 0 heterocycles. The lowest BCUT2D eigenvalue weighted by Gasteiger charge is -2.08. The summed E-state index contributed by atoms with van der Waals surface area (Å²) in [5.41, 5.74) is 2.26. The predicted octanol–water partition coefficient (Wildman–Crippen LogP) is 5.33. The van der Waals surface area contributed by atoms with Crippen molar-refractivity contribution in [3.63, 3.8) is 0 Å². The summed E-state index contributed by atoms with van der Waals surface area (Å²) in [5.74, 6) is 0.400. The van der Waals surface area contributed by atoms with Crippen molar-refractivity contribution in [1.29, 1.82) is 0 Å². The fraction of sp³-hybridized carbons (Fsp3) is 0.529. The van der Waals surface area contributed by atoms with Crippen LogP contribution in [-0.4, -0.2) is 5.11 Å². The molecule has 0 spiro atoms. The monoisotopic (exact) mass is 246 g/mol. The van der Waals surface area contributed by atoms with Gasteiger partial charge in [-0.3, -0.25) is 0 Å². The minimum atomic E-state index is 0.400. The number of aryl methyl sites for hydroxylation is 1. The zero-order valence-corrected chi connectivity index (χ0v) is 11.8. The van der Waals surface area contributed by atoms with Crippen LogP contribution in [0.5, 0.6) is 5.75 Å². The van der Waals surface area contributed by atoms with Gasteiger partial charge in [0, 0.05) is 5.56 Å². The number of unbranched alkanes of at least 4 members (excludes halogenated alkanes) is 5. The molecule has 0 fully saturated rings. The van der Waals surface area contributed by atoms with Crippen LogP contribution in [0.1, 0.15) is 63.5 Å². The molecule has 0 atom stereocenters. The van der Waals surface area contributed by atoms with E-state index >= 15 is 0 Å². The summed E-state index contributed by atoms with van der Waals surface area (Å²) in [7, 11) is 0. The number of aromatic hydroxyl groups is 1. The average molecular weight is 246 g/mol. The van der Waals surface area contributed by atoms with E-state index in [1.807, 2.05) is 25.1 Å². The molecule has 0 aliphatic rings. The molecule has 1 nitrogen and oxygen atoms in total. The predicted molar refractivity (Wildman–Crippen MR) is 79.9 cm³/mol. The Morgan fingerprint density at radius 3 is 2.50 bits per heavy atom. The van der Waals surface area contributed by atoms with Gasteiger partial charge in [0.25, 0.3) is 0 Å². The summed E-state index contributed by atoms with van der Waals surface area (Å²) < 4.78 is 0. The molecule has 1 N–H and O–H groups in total. The summed E-state index contributed by atoms with van der Waals surface area (Å²) >= 11 is 0. The first-order valence-electron chi connectivity index (χ1n) is 7.23. The van der Waals surface area contributed by atoms with E-state index in [0.717, 1.165) is 12.0 Å². The first kappa shape index (κ1) is 14.8. The highest BCUT2D eigenvalue weighted by Crippen LogP contribution is 2.24. The number of hydrogen-bond donors (Lipinski definition) is 1. The molecule has 0 bridgehead atoms. The van der Waals surface area contributed by atoms with Crippen LogP contribution < -0.4 is 0 Å². The maximum Gasteiger partial charge on any atom is 0.123 e. The molecule has 0 saturated heterocycles. The molecular weight excluding hydrogens is 220 g/mol. The van der Waals surface area contributed by atoms with E-state index in [9.17, 15) is 5.11 Å². The summed E-state index contributed by atoms with van der Waals surface area (Å²) in [6.07, 6.45) is 12.9. The van der Waals surface area contributed by atoms with E-state index < -0.39 is 0 Å². The van der Waals surface area contributed by atoms with Gasteiger partial charge in [-0.15, -0.1) is 0 Å². The Kier molecular flexibility index (Phi) is 7.24. The average Bonchev–Trinajstić information content (AvgIpc) is 2.37. The fourth-order valence-corrected chi connectivity index (χ4v) is 2.27. The largest absolute Gasteiger partial charge is 0.507 e. The molecule has 100 valence electrons. The van der Waals surface area contributed by atoms with Gasteiger partial charge in [-0.25, -0.2) is 0 Å². The molecule has 0 unspecified atom stereocenters. The molecule has 18 heavy (non-hydrogen) atoms. The highest BCUT2D eigenvalue weighted by molar-refractivity contribution is 5.60. The standard InChI is InChI=1S/C17H26O/c1-3-5-6-7-8-9-12-15-13-10-14-17(18)16(15)11-4-2/h4,10-11,13-14,18H,3,5-9,12H2,1-2H3. The van der Waals surface area contributed by atoms with Crippen LogP contribution in [0.25, 0.3) is 6.08 Å². The van der Waals surface area contributed by atoms with Gasteiger partial charge >= 0.3 is 0 Å². The second-order valence-electron chi connectivity index (χ2n) is 4.87. The maximum atomic E-state index is 9.84. The number of allylic oxidation sites excluding steroid dienone is 1. The number of benzene rings is 1. The molecule has 0 aliphatic carbocycles. The third kappa shape index (κ3) is 4.95. The molecule has 0 radical (unpaired) electrons. The number of rotatable bonds is 8. The number of phenols is 1. The van der Waals surface area contributed by atoms with E-state index in [2.05, 4.69) is 13.0 Å². The van der Waals surface area contributed by atoms with Gasteiger partial charge < -0.3 is 5.11 Å². The second-order valence-corrected chi connectivity index (χ2v) is 4.87. The molecule has 1 aromatic rings. The lowest BCUT2D eigenvalue weighted by Crippen LogP contribution is -1.91. The zero-order chi connectivity index (χ0) is 13.2. The molecule has 0 saturated carbocycles. The van der Waals surface area contributed by atoms with Crippen LogP contribution in [0.15, 0.2) is 24.3 Å². The van der Waals surface area contributed by atoms with Crippen LogP contribution in [-0.2, 0) is 6.42 Å². The molecular formula is C17H26O. The molecule has 0 aromatic heterocycles. The quantitative estimate of drug-likeness (QED) is 0.615. The maximum absolute atomic E-state index is 9.84. The summed E-state index contributed by atoms with van der Waals surface area (Å²) in [6, 6.07) is 5.83. The Morgan fingerprint density at radius 1 is 1.06 bits per heavy atom. The molecule has 1 rings (SSSR count). The Hall–Kier alpha value is -1.24. The molecule has 0 aliphatic heterocycles. The molecule has 0 amide bonds. The lowest BCUT2D eigenvalue weighted by atomic mass is 9.99. The van der Waals surface area contributed by atoms with Crippen molar-refractivity contribution in [2.75, 3.05) is 0 Å². The van der Waals surface area contributed by atoms with Gasteiger partial charge in [-0.1, -0.05) is 63.3 Å². The second kappa shape index (κ2) is 8.79. The van der Waals surface area contributed by atoms with Crippen molar-refractivity contribution >= 4 is 6.08 Å². The SMILES string of the molecule is CC=Cc1c(O)cccc1CCCCCCCC. The first-order chi connectivity index (χ1) is 8.79. The van der Waals surface area contributed by atoms with E-state index in [1.54, 1.807) is 6.07 Å². The van der Waals surface area contributed by atoms with E-state index in [0.29, 0.717) is 5.75 Å². The van der Waals surface area contributed by atoms with Crippen LogP contribution in [0.2, 0.25) is 0 Å². The van der Waals surface area contributed by atoms with Gasteiger partial charge in [-0.2, -0.15) is 0 Å². The number of hydrogen-bond acceptors (Lipinski definition) is 1. The van der Waals surface area contributed by atoms with E-state index in [1.165, 1.54) is 44.1 Å². The van der Waals surface area contributed by atoms with Crippen molar-refractivity contribution in [1.82, 2.24) is 0 Å². The Balaban J connectivity index is 2.44. The third-order valence-corrected chi connectivity index (χ3v) is 3.31. The Morgan fingerprint density at radius 2 is 1.78 bits per heavy atom. The normalized spacial score (nSPS) is 11.2. The summed E-state index contributed by atoms with van der Waals surface area (Å²) in [6.45, 7) is 4.23.